The molecule has 0 radical (unpaired) electrons. The molecule has 1 nitrogen and oxygen atoms in total. The lowest BCUT2D eigenvalue weighted by atomic mass is 10.1. The number of thiocarbonyl (C=S) groups is 1. The van der Waals surface area contributed by atoms with Crippen LogP contribution in [0.5, 0.6) is 0 Å². The lowest BCUT2D eigenvalue weighted by Crippen LogP contribution is -2.27. The quantitative estimate of drug-likeness (QED) is 0.683. The van der Waals surface area contributed by atoms with Crippen molar-refractivity contribution >= 4 is 17.2 Å². The summed E-state index contributed by atoms with van der Waals surface area (Å²) in [5.74, 6) is 0. The van der Waals surface area contributed by atoms with E-state index in [1.807, 2.05) is 6.07 Å². The molecule has 1 heterocycles. The Balaban J connectivity index is 1.94. The van der Waals surface area contributed by atoms with E-state index in [0.29, 0.717) is 0 Å². The first-order valence-corrected chi connectivity index (χ1v) is 5.59. The molecule has 1 aromatic carbocycles. The van der Waals surface area contributed by atoms with Crippen molar-refractivity contribution in [2.24, 2.45) is 0 Å². The molecule has 1 saturated heterocycles. The normalized spacial score (nSPS) is 15.9. The molecule has 2 heteroatoms. The largest absolute Gasteiger partial charge is 0.366 e. The Kier molecular flexibility index (Phi) is 3.14. The van der Waals surface area contributed by atoms with Crippen LogP contribution in [0.2, 0.25) is 0 Å². The van der Waals surface area contributed by atoms with Crippen molar-refractivity contribution in [2.75, 3.05) is 13.1 Å². The number of nitrogens with zero attached hydrogens (tertiary/aromatic N) is 1. The Morgan fingerprint density at radius 1 is 1.14 bits per heavy atom. The Bertz CT molecular complexity index is 301. The van der Waals surface area contributed by atoms with Gasteiger partial charge in [0, 0.05) is 19.5 Å². The van der Waals surface area contributed by atoms with Crippen LogP contribution < -0.4 is 0 Å². The Hall–Kier alpha value is -0.890. The summed E-state index contributed by atoms with van der Waals surface area (Å²) < 4.78 is 0. The van der Waals surface area contributed by atoms with Gasteiger partial charge in [0.1, 0.15) is 0 Å². The number of hydrogen-bond donors (Lipinski definition) is 0. The summed E-state index contributed by atoms with van der Waals surface area (Å²) in [5, 5.41) is 0. The van der Waals surface area contributed by atoms with Crippen molar-refractivity contribution in [3.63, 3.8) is 0 Å². The van der Waals surface area contributed by atoms with E-state index in [4.69, 9.17) is 12.2 Å². The molecule has 0 unspecified atom stereocenters. The molecular weight excluding hydrogens is 190 g/mol. The Morgan fingerprint density at radius 3 is 2.43 bits per heavy atom. The molecule has 0 amide bonds. The van der Waals surface area contributed by atoms with E-state index < -0.39 is 0 Å². The van der Waals surface area contributed by atoms with Gasteiger partial charge in [0.05, 0.1) is 4.99 Å². The maximum absolute atomic E-state index is 5.42. The van der Waals surface area contributed by atoms with Crippen molar-refractivity contribution in [3.05, 3.63) is 35.9 Å². The van der Waals surface area contributed by atoms with Crippen molar-refractivity contribution in [3.8, 4) is 0 Å². The zero-order valence-electron chi connectivity index (χ0n) is 8.28. The van der Waals surface area contributed by atoms with Gasteiger partial charge in [0.25, 0.3) is 0 Å². The fraction of sp³-hybridized carbons (Fsp3) is 0.417. The Morgan fingerprint density at radius 2 is 1.79 bits per heavy atom. The van der Waals surface area contributed by atoms with Gasteiger partial charge in [-0.25, -0.2) is 0 Å². The van der Waals surface area contributed by atoms with Gasteiger partial charge in [0.15, 0.2) is 0 Å². The van der Waals surface area contributed by atoms with E-state index in [9.17, 15) is 0 Å². The SMILES string of the molecule is S=C(Cc1ccccc1)N1CCCC1. The minimum atomic E-state index is 0.927. The third-order valence-corrected chi connectivity index (χ3v) is 3.06. The summed E-state index contributed by atoms with van der Waals surface area (Å²) in [6.45, 7) is 2.32. The molecule has 1 aromatic rings. The van der Waals surface area contributed by atoms with Gasteiger partial charge >= 0.3 is 0 Å². The lowest BCUT2D eigenvalue weighted by Gasteiger charge is -2.18. The minimum absolute atomic E-state index is 0.927. The predicted molar refractivity (Wildman–Crippen MR) is 63.6 cm³/mol. The molecule has 74 valence electrons. The van der Waals surface area contributed by atoms with Gasteiger partial charge in [0.2, 0.25) is 0 Å². The maximum Gasteiger partial charge on any atom is 0.0823 e. The number of hydrogen-bond acceptors (Lipinski definition) is 1. The summed E-state index contributed by atoms with van der Waals surface area (Å²) in [6, 6.07) is 10.5. The fourth-order valence-corrected chi connectivity index (χ4v) is 2.20. The second kappa shape index (κ2) is 4.56. The molecule has 0 aliphatic carbocycles. The van der Waals surface area contributed by atoms with Crippen molar-refractivity contribution in [2.45, 2.75) is 19.3 Å². The van der Waals surface area contributed by atoms with Gasteiger partial charge in [-0.1, -0.05) is 42.5 Å². The third kappa shape index (κ3) is 2.32. The van der Waals surface area contributed by atoms with Crippen molar-refractivity contribution in [1.29, 1.82) is 0 Å². The van der Waals surface area contributed by atoms with Crippen molar-refractivity contribution in [1.82, 2.24) is 4.90 Å². The summed E-state index contributed by atoms with van der Waals surface area (Å²) in [4.78, 5) is 3.44. The molecule has 0 aromatic heterocycles. The number of rotatable bonds is 2. The molecule has 0 saturated carbocycles. The first kappa shape index (κ1) is 9.66. The van der Waals surface area contributed by atoms with Crippen LogP contribution in [0.15, 0.2) is 30.3 Å². The fourth-order valence-electron chi connectivity index (χ4n) is 1.85. The number of likely N-dealkylation sites (tertiary alicyclic amines) is 1. The number of benzene rings is 1. The van der Waals surface area contributed by atoms with E-state index in [1.54, 1.807) is 0 Å². The molecule has 0 N–H and O–H groups in total. The first-order valence-electron chi connectivity index (χ1n) is 5.18. The monoisotopic (exact) mass is 205 g/mol. The minimum Gasteiger partial charge on any atom is -0.366 e. The van der Waals surface area contributed by atoms with Crippen LogP contribution in [-0.4, -0.2) is 23.0 Å². The summed E-state index contributed by atoms with van der Waals surface area (Å²) in [7, 11) is 0. The van der Waals surface area contributed by atoms with Crippen LogP contribution in [0.4, 0.5) is 0 Å². The molecule has 0 atom stereocenters. The van der Waals surface area contributed by atoms with Gasteiger partial charge in [-0.2, -0.15) is 0 Å². The van der Waals surface area contributed by atoms with Crippen LogP contribution in [-0.2, 0) is 6.42 Å². The van der Waals surface area contributed by atoms with E-state index >= 15 is 0 Å². The van der Waals surface area contributed by atoms with Gasteiger partial charge < -0.3 is 4.90 Å². The van der Waals surface area contributed by atoms with Gasteiger partial charge in [-0.15, -0.1) is 0 Å². The highest BCUT2D eigenvalue weighted by atomic mass is 32.1. The second-order valence-corrected chi connectivity index (χ2v) is 4.22. The van der Waals surface area contributed by atoms with E-state index in [0.717, 1.165) is 24.5 Å². The van der Waals surface area contributed by atoms with Crippen LogP contribution in [0, 0.1) is 0 Å². The molecular formula is C12H15NS. The average Bonchev–Trinajstić information content (AvgIpc) is 2.72. The van der Waals surface area contributed by atoms with E-state index in [-0.39, 0.29) is 0 Å². The standard InChI is InChI=1S/C12H15NS/c14-12(13-8-4-5-9-13)10-11-6-2-1-3-7-11/h1-3,6-7H,4-5,8-10H2. The van der Waals surface area contributed by atoms with Crippen LogP contribution in [0.3, 0.4) is 0 Å². The van der Waals surface area contributed by atoms with Crippen LogP contribution in [0.1, 0.15) is 18.4 Å². The first-order chi connectivity index (χ1) is 6.86. The molecule has 14 heavy (non-hydrogen) atoms. The predicted octanol–water partition coefficient (Wildman–Crippen LogP) is 2.65. The van der Waals surface area contributed by atoms with E-state index in [2.05, 4.69) is 29.2 Å². The van der Waals surface area contributed by atoms with E-state index in [1.165, 1.54) is 18.4 Å². The molecule has 1 aliphatic heterocycles. The van der Waals surface area contributed by atoms with Crippen LogP contribution in [0.25, 0.3) is 0 Å². The lowest BCUT2D eigenvalue weighted by molar-refractivity contribution is 0.521. The highest BCUT2D eigenvalue weighted by molar-refractivity contribution is 7.80. The maximum atomic E-state index is 5.42. The topological polar surface area (TPSA) is 3.24 Å². The zero-order chi connectivity index (χ0) is 9.80. The molecule has 1 aliphatic rings. The highest BCUT2D eigenvalue weighted by Crippen LogP contribution is 2.11. The van der Waals surface area contributed by atoms with Gasteiger partial charge in [-0.3, -0.25) is 0 Å². The molecule has 0 spiro atoms. The highest BCUT2D eigenvalue weighted by Gasteiger charge is 2.14. The third-order valence-electron chi connectivity index (χ3n) is 2.66. The summed E-state index contributed by atoms with van der Waals surface area (Å²) in [5.41, 5.74) is 1.32. The van der Waals surface area contributed by atoms with Crippen LogP contribution >= 0.6 is 12.2 Å². The van der Waals surface area contributed by atoms with Crippen molar-refractivity contribution < 1.29 is 0 Å². The smallest absolute Gasteiger partial charge is 0.0823 e. The summed E-state index contributed by atoms with van der Waals surface area (Å²) in [6.07, 6.45) is 3.53. The van der Waals surface area contributed by atoms with Gasteiger partial charge in [-0.05, 0) is 18.4 Å². The second-order valence-electron chi connectivity index (χ2n) is 3.75. The average molecular weight is 205 g/mol. The zero-order valence-corrected chi connectivity index (χ0v) is 9.09. The molecule has 2 rings (SSSR count). The molecule has 0 bridgehead atoms. The summed E-state index contributed by atoms with van der Waals surface area (Å²) >= 11 is 5.42. The Labute approximate surface area is 90.7 Å². The molecule has 1 fully saturated rings.